The van der Waals surface area contributed by atoms with Crippen LogP contribution in [0.1, 0.15) is 21.5 Å². The number of halogens is 4. The van der Waals surface area contributed by atoms with Crippen molar-refractivity contribution in [3.8, 4) is 0 Å². The molecule has 0 aromatic heterocycles. The number of alkyl halides is 3. The van der Waals surface area contributed by atoms with Gasteiger partial charge < -0.3 is 15.3 Å². The Labute approximate surface area is 206 Å². The average Bonchev–Trinajstić information content (AvgIpc) is 2.83. The van der Waals surface area contributed by atoms with Crippen LogP contribution in [-0.2, 0) is 21.4 Å². The largest absolute Gasteiger partial charge is 0.490 e. The Balaban J connectivity index is 0.000000572. The van der Waals surface area contributed by atoms with E-state index in [0.29, 0.717) is 31.7 Å². The predicted octanol–water partition coefficient (Wildman–Crippen LogP) is 2.64. The number of carbonyl (C=O) groups is 2. The summed E-state index contributed by atoms with van der Waals surface area (Å²) in [5, 5.41) is 10.3. The number of nitrogens with zero attached hydrogens (tertiary/aromatic N) is 2. The molecular weight excluding hydrogens is 506 g/mol. The lowest BCUT2D eigenvalue weighted by atomic mass is 10.1. The van der Waals surface area contributed by atoms with Crippen LogP contribution in [0.5, 0.6) is 0 Å². The van der Waals surface area contributed by atoms with Gasteiger partial charge in [-0.2, -0.15) is 17.5 Å². The second-order valence-electron chi connectivity index (χ2n) is 7.99. The van der Waals surface area contributed by atoms with E-state index in [1.54, 1.807) is 24.3 Å². The monoisotopic (exact) mass is 533 g/mol. The molecule has 36 heavy (non-hydrogen) atoms. The molecule has 0 bridgehead atoms. The zero-order chi connectivity index (χ0) is 26.9. The molecule has 1 aliphatic rings. The molecular formula is C23H27F4N3O5S. The van der Waals surface area contributed by atoms with Gasteiger partial charge in [0.2, 0.25) is 10.0 Å². The van der Waals surface area contributed by atoms with Gasteiger partial charge in [-0.25, -0.2) is 17.6 Å². The lowest BCUT2D eigenvalue weighted by Crippen LogP contribution is -2.48. The van der Waals surface area contributed by atoms with Gasteiger partial charge in [-0.3, -0.25) is 4.79 Å². The second-order valence-corrected chi connectivity index (χ2v) is 10.1. The predicted molar refractivity (Wildman–Crippen MR) is 124 cm³/mol. The van der Waals surface area contributed by atoms with E-state index in [1.165, 1.54) is 21.3 Å². The van der Waals surface area contributed by atoms with Crippen molar-refractivity contribution < 1.29 is 40.7 Å². The van der Waals surface area contributed by atoms with Gasteiger partial charge in [0, 0.05) is 44.8 Å². The molecule has 3 rings (SSSR count). The molecule has 0 radical (unpaired) electrons. The Bertz CT molecular complexity index is 1120. The zero-order valence-electron chi connectivity index (χ0n) is 19.5. The lowest BCUT2D eigenvalue weighted by molar-refractivity contribution is -0.192. The standard InChI is InChI=1S/C21H26FN3O3S.C2HF3O2/c1-17-2-6-19(7-3-17)21(26)24(16-18-4-8-20(22)9-5-18)14-15-29(27,28)25-12-10-23-11-13-25;3-2(4,5)1(6)7/h2-9,23H,10-16H2,1H3;(H,6,7). The highest BCUT2D eigenvalue weighted by molar-refractivity contribution is 7.89. The molecule has 198 valence electrons. The van der Waals surface area contributed by atoms with Crippen LogP contribution in [0.4, 0.5) is 17.6 Å². The van der Waals surface area contributed by atoms with Crippen molar-refractivity contribution in [2.45, 2.75) is 19.6 Å². The summed E-state index contributed by atoms with van der Waals surface area (Å²) < 4.78 is 71.8. The maximum atomic E-state index is 13.2. The molecule has 0 aliphatic carbocycles. The van der Waals surface area contributed by atoms with E-state index in [1.807, 2.05) is 19.1 Å². The number of amides is 1. The Hall–Kier alpha value is -3.03. The molecule has 0 spiro atoms. The van der Waals surface area contributed by atoms with Crippen molar-refractivity contribution in [1.29, 1.82) is 0 Å². The quantitative estimate of drug-likeness (QED) is 0.530. The van der Waals surface area contributed by atoms with Crippen LogP contribution in [0.15, 0.2) is 48.5 Å². The average molecular weight is 534 g/mol. The number of aryl methyl sites for hydroxylation is 1. The SMILES string of the molecule is Cc1ccc(C(=O)N(CCS(=O)(=O)N2CCNCC2)Cc2ccc(F)cc2)cc1.O=C(O)C(F)(F)F. The first-order valence-corrected chi connectivity index (χ1v) is 12.5. The minimum atomic E-state index is -5.08. The van der Waals surface area contributed by atoms with Gasteiger partial charge >= 0.3 is 12.1 Å². The van der Waals surface area contributed by atoms with Crippen molar-refractivity contribution >= 4 is 21.9 Å². The maximum absolute atomic E-state index is 13.2. The smallest absolute Gasteiger partial charge is 0.475 e. The van der Waals surface area contributed by atoms with Crippen LogP contribution in [-0.4, -0.2) is 79.3 Å². The topological polar surface area (TPSA) is 107 Å². The molecule has 1 heterocycles. The molecule has 1 saturated heterocycles. The first-order chi connectivity index (χ1) is 16.8. The fourth-order valence-electron chi connectivity index (χ4n) is 3.22. The van der Waals surface area contributed by atoms with Gasteiger partial charge in [0.25, 0.3) is 5.91 Å². The number of piperazine rings is 1. The summed E-state index contributed by atoms with van der Waals surface area (Å²) >= 11 is 0. The highest BCUT2D eigenvalue weighted by Crippen LogP contribution is 2.14. The second kappa shape index (κ2) is 12.8. The van der Waals surface area contributed by atoms with Crippen LogP contribution < -0.4 is 5.32 Å². The number of sulfonamides is 1. The van der Waals surface area contributed by atoms with Crippen molar-refractivity contribution in [1.82, 2.24) is 14.5 Å². The molecule has 0 atom stereocenters. The van der Waals surface area contributed by atoms with Crippen LogP contribution >= 0.6 is 0 Å². The molecule has 0 saturated carbocycles. The van der Waals surface area contributed by atoms with Gasteiger partial charge in [-0.05, 0) is 36.8 Å². The summed E-state index contributed by atoms with van der Waals surface area (Å²) in [7, 11) is -3.46. The number of aliphatic carboxylic acids is 1. The number of hydrogen-bond donors (Lipinski definition) is 2. The van der Waals surface area contributed by atoms with E-state index in [9.17, 15) is 30.8 Å². The van der Waals surface area contributed by atoms with Crippen molar-refractivity contribution in [2.75, 3.05) is 38.5 Å². The minimum absolute atomic E-state index is 0.0658. The third-order valence-electron chi connectivity index (χ3n) is 5.20. The highest BCUT2D eigenvalue weighted by atomic mass is 32.2. The summed E-state index contributed by atoms with van der Waals surface area (Å²) in [6.45, 7) is 4.34. The number of benzene rings is 2. The van der Waals surface area contributed by atoms with E-state index < -0.39 is 22.2 Å². The molecule has 8 nitrogen and oxygen atoms in total. The Morgan fingerprint density at radius 1 is 1.03 bits per heavy atom. The van der Waals surface area contributed by atoms with Gasteiger partial charge in [0.15, 0.2) is 0 Å². The number of nitrogens with one attached hydrogen (secondary N) is 1. The first kappa shape index (κ1) is 29.2. The molecule has 1 amide bonds. The molecule has 1 fully saturated rings. The normalized spacial score (nSPS) is 14.5. The lowest BCUT2D eigenvalue weighted by Gasteiger charge is -2.28. The van der Waals surface area contributed by atoms with Gasteiger partial charge in [0.05, 0.1) is 5.75 Å². The number of hydrogen-bond acceptors (Lipinski definition) is 5. The summed E-state index contributed by atoms with van der Waals surface area (Å²) in [6, 6.07) is 13.1. The van der Waals surface area contributed by atoms with E-state index >= 15 is 0 Å². The number of carbonyl (C=O) groups excluding carboxylic acids is 1. The molecule has 13 heteroatoms. The van der Waals surface area contributed by atoms with Crippen LogP contribution in [0, 0.1) is 12.7 Å². The first-order valence-electron chi connectivity index (χ1n) is 10.9. The third kappa shape index (κ3) is 9.21. The van der Waals surface area contributed by atoms with Gasteiger partial charge in [0.1, 0.15) is 5.82 Å². The van der Waals surface area contributed by atoms with Gasteiger partial charge in [-0.15, -0.1) is 0 Å². The Kier molecular flexibility index (Phi) is 10.4. The third-order valence-corrected chi connectivity index (χ3v) is 7.05. The molecule has 2 aromatic rings. The van der Waals surface area contributed by atoms with Crippen LogP contribution in [0.3, 0.4) is 0 Å². The maximum Gasteiger partial charge on any atom is 0.490 e. The van der Waals surface area contributed by atoms with E-state index in [-0.39, 0.29) is 30.6 Å². The summed E-state index contributed by atoms with van der Waals surface area (Å²) in [4.78, 5) is 23.5. The van der Waals surface area contributed by atoms with E-state index in [0.717, 1.165) is 11.1 Å². The summed E-state index contributed by atoms with van der Waals surface area (Å²) in [5.74, 6) is -3.50. The van der Waals surface area contributed by atoms with Crippen molar-refractivity contribution in [2.24, 2.45) is 0 Å². The van der Waals surface area contributed by atoms with E-state index in [4.69, 9.17) is 9.90 Å². The number of rotatable bonds is 7. The van der Waals surface area contributed by atoms with Crippen molar-refractivity contribution in [3.05, 3.63) is 71.0 Å². The Morgan fingerprint density at radius 3 is 2.06 bits per heavy atom. The fraction of sp³-hybridized carbons (Fsp3) is 0.391. The summed E-state index contributed by atoms with van der Waals surface area (Å²) in [5.41, 5.74) is 2.27. The molecule has 2 aromatic carbocycles. The van der Waals surface area contributed by atoms with Gasteiger partial charge in [-0.1, -0.05) is 29.8 Å². The van der Waals surface area contributed by atoms with Crippen LogP contribution in [0.2, 0.25) is 0 Å². The summed E-state index contributed by atoms with van der Waals surface area (Å²) in [6.07, 6.45) is -5.08. The molecule has 1 aliphatic heterocycles. The number of carboxylic acid groups (broad SMARTS) is 1. The molecule has 2 N–H and O–H groups in total. The van der Waals surface area contributed by atoms with E-state index in [2.05, 4.69) is 5.32 Å². The fourth-order valence-corrected chi connectivity index (χ4v) is 4.67. The highest BCUT2D eigenvalue weighted by Gasteiger charge is 2.38. The zero-order valence-corrected chi connectivity index (χ0v) is 20.3. The number of carboxylic acids is 1. The molecule has 0 unspecified atom stereocenters. The minimum Gasteiger partial charge on any atom is -0.475 e. The Morgan fingerprint density at radius 2 is 1.56 bits per heavy atom. The van der Waals surface area contributed by atoms with Crippen LogP contribution in [0.25, 0.3) is 0 Å². The van der Waals surface area contributed by atoms with Crippen molar-refractivity contribution in [3.63, 3.8) is 0 Å².